The molecule has 2 heteroatoms. The highest BCUT2D eigenvalue weighted by Crippen LogP contribution is 2.68. The van der Waals surface area contributed by atoms with Gasteiger partial charge >= 0.3 is 0 Å². The number of hydrogen-bond acceptors (Lipinski definition) is 2. The molecule has 4 aliphatic rings. The zero-order valence-electron chi connectivity index (χ0n) is 16.1. The van der Waals surface area contributed by atoms with E-state index in [-0.39, 0.29) is 11.5 Å². The third kappa shape index (κ3) is 2.20. The second-order valence-corrected chi connectivity index (χ2v) is 10.5. The monoisotopic (exact) mass is 332 g/mol. The topological polar surface area (TPSA) is 37.3 Å². The minimum Gasteiger partial charge on any atom is -0.393 e. The van der Waals surface area contributed by atoms with E-state index >= 15 is 0 Å². The lowest BCUT2D eigenvalue weighted by atomic mass is 9.42. The molecule has 4 aliphatic carbocycles. The van der Waals surface area contributed by atoms with E-state index in [2.05, 4.69) is 27.7 Å². The summed E-state index contributed by atoms with van der Waals surface area (Å²) in [5.41, 5.74) is 0.529. The van der Waals surface area contributed by atoms with Gasteiger partial charge in [0.1, 0.15) is 5.78 Å². The van der Waals surface area contributed by atoms with Gasteiger partial charge in [0.25, 0.3) is 0 Å². The number of hydrogen-bond donors (Lipinski definition) is 1. The van der Waals surface area contributed by atoms with Crippen molar-refractivity contribution in [3.63, 3.8) is 0 Å². The molecule has 0 aliphatic heterocycles. The highest BCUT2D eigenvalue weighted by atomic mass is 16.3. The van der Waals surface area contributed by atoms with Crippen LogP contribution in [0.1, 0.15) is 79.1 Å². The zero-order valence-corrected chi connectivity index (χ0v) is 16.1. The number of aliphatic hydroxyl groups excluding tert-OH is 1. The maximum Gasteiger partial charge on any atom is 0.133 e. The lowest BCUT2D eigenvalue weighted by Crippen LogP contribution is -2.57. The van der Waals surface area contributed by atoms with Crippen molar-refractivity contribution < 1.29 is 9.90 Å². The van der Waals surface area contributed by atoms with Gasteiger partial charge in [-0.05, 0) is 84.9 Å². The van der Waals surface area contributed by atoms with Crippen molar-refractivity contribution in [1.29, 1.82) is 0 Å². The molecule has 0 radical (unpaired) electrons. The Hall–Kier alpha value is -0.370. The van der Waals surface area contributed by atoms with Gasteiger partial charge in [-0.3, -0.25) is 4.79 Å². The predicted octanol–water partition coefficient (Wildman–Crippen LogP) is 4.84. The lowest BCUT2D eigenvalue weighted by Gasteiger charge is -2.63. The Kier molecular flexibility index (Phi) is 3.95. The van der Waals surface area contributed by atoms with Gasteiger partial charge in [-0.2, -0.15) is 0 Å². The molecule has 0 aromatic carbocycles. The van der Waals surface area contributed by atoms with Crippen LogP contribution in [0.2, 0.25) is 0 Å². The second-order valence-electron chi connectivity index (χ2n) is 10.5. The van der Waals surface area contributed by atoms with Crippen molar-refractivity contribution in [3.05, 3.63) is 0 Å². The molecule has 0 bridgehead atoms. The highest BCUT2D eigenvalue weighted by Gasteiger charge is 2.62. The number of ketones is 1. The van der Waals surface area contributed by atoms with Crippen LogP contribution >= 0.6 is 0 Å². The van der Waals surface area contributed by atoms with Crippen molar-refractivity contribution in [3.8, 4) is 0 Å². The molecule has 0 heterocycles. The Morgan fingerprint density at radius 3 is 2.46 bits per heavy atom. The van der Waals surface area contributed by atoms with Gasteiger partial charge in [-0.1, -0.05) is 27.7 Å². The molecule has 0 saturated heterocycles. The van der Waals surface area contributed by atoms with Gasteiger partial charge in [0.05, 0.1) is 6.10 Å². The zero-order chi connectivity index (χ0) is 17.3. The average Bonchev–Trinajstić information content (AvgIpc) is 2.83. The van der Waals surface area contributed by atoms with Gasteiger partial charge in [0.2, 0.25) is 0 Å². The number of fused-ring (bicyclic) bond motifs is 5. The van der Waals surface area contributed by atoms with Crippen molar-refractivity contribution in [2.45, 2.75) is 85.2 Å². The fourth-order valence-electron chi connectivity index (χ4n) is 7.80. The van der Waals surface area contributed by atoms with Crippen molar-refractivity contribution in [2.75, 3.05) is 0 Å². The summed E-state index contributed by atoms with van der Waals surface area (Å²) in [5, 5.41) is 10.7. The predicted molar refractivity (Wildman–Crippen MR) is 96.5 cm³/mol. The molecular formula is C22H36O2. The molecule has 8 atom stereocenters. The smallest absolute Gasteiger partial charge is 0.133 e. The van der Waals surface area contributed by atoms with E-state index in [0.29, 0.717) is 29.0 Å². The van der Waals surface area contributed by atoms with Crippen molar-refractivity contribution in [1.82, 2.24) is 0 Å². The first-order valence-electron chi connectivity index (χ1n) is 10.5. The maximum absolute atomic E-state index is 12.1. The first-order valence-corrected chi connectivity index (χ1v) is 10.5. The molecule has 3 unspecified atom stereocenters. The van der Waals surface area contributed by atoms with E-state index in [1.54, 1.807) is 0 Å². The fraction of sp³-hybridized carbons (Fsp3) is 0.955. The number of carbonyl (C=O) groups excluding carboxylic acids is 1. The van der Waals surface area contributed by atoms with Gasteiger partial charge in [-0.25, -0.2) is 0 Å². The van der Waals surface area contributed by atoms with Crippen LogP contribution < -0.4 is 0 Å². The molecule has 4 fully saturated rings. The van der Waals surface area contributed by atoms with Gasteiger partial charge in [0, 0.05) is 12.8 Å². The maximum atomic E-state index is 12.1. The van der Waals surface area contributed by atoms with E-state index in [4.69, 9.17) is 0 Å². The fourth-order valence-corrected chi connectivity index (χ4v) is 7.80. The number of Topliss-reactive ketones (excluding diaryl/α,β-unsaturated/α-hetero) is 1. The third-order valence-electron chi connectivity index (χ3n) is 9.39. The summed E-state index contributed by atoms with van der Waals surface area (Å²) in [4.78, 5) is 12.1. The molecule has 0 aromatic heterocycles. The normalized spacial score (nSPS) is 54.3. The van der Waals surface area contributed by atoms with Crippen LogP contribution in [0.25, 0.3) is 0 Å². The molecule has 0 amide bonds. The number of carbonyl (C=O) groups is 1. The summed E-state index contributed by atoms with van der Waals surface area (Å²) in [5.74, 6) is 4.82. The minimum atomic E-state index is -0.0882. The van der Waals surface area contributed by atoms with E-state index in [0.717, 1.165) is 43.4 Å². The molecule has 0 aromatic rings. The van der Waals surface area contributed by atoms with E-state index in [1.807, 2.05) is 0 Å². The SMILES string of the molecule is CC(C)[C@@H]1CC2CC(=O)CC[C@]2(C)C2CC[C@@]3(C)C(CC[C@@H]3O)[C@@H]21. The molecule has 1 N–H and O–H groups in total. The lowest BCUT2D eigenvalue weighted by molar-refractivity contribution is -0.160. The largest absolute Gasteiger partial charge is 0.393 e. The van der Waals surface area contributed by atoms with Crippen LogP contribution in [-0.2, 0) is 4.79 Å². The van der Waals surface area contributed by atoms with E-state index in [9.17, 15) is 9.90 Å². The summed E-state index contributed by atoms with van der Waals surface area (Å²) >= 11 is 0. The molecule has 4 rings (SSSR count). The quantitative estimate of drug-likeness (QED) is 0.746. The van der Waals surface area contributed by atoms with Crippen LogP contribution in [0.15, 0.2) is 0 Å². The van der Waals surface area contributed by atoms with Crippen LogP contribution in [0.4, 0.5) is 0 Å². The molecule has 4 saturated carbocycles. The Bertz CT molecular complexity index is 526. The standard InChI is InChI=1S/C22H36O2/c1-13(2)16-12-14-11-15(23)7-9-21(14,3)18-8-10-22(4)17(20(16)18)5-6-19(22)24/h13-14,16-20,24H,5-12H2,1-4H3/t14?,16-,17?,18?,19-,20-,21-,22-/m0/s1. The van der Waals surface area contributed by atoms with Crippen molar-refractivity contribution in [2.24, 2.45) is 46.3 Å². The van der Waals surface area contributed by atoms with Gasteiger partial charge < -0.3 is 5.11 Å². The van der Waals surface area contributed by atoms with Crippen LogP contribution in [0.5, 0.6) is 0 Å². The third-order valence-corrected chi connectivity index (χ3v) is 9.39. The minimum absolute atomic E-state index is 0.0882. The first kappa shape index (κ1) is 17.1. The van der Waals surface area contributed by atoms with Crippen LogP contribution in [0.3, 0.4) is 0 Å². The van der Waals surface area contributed by atoms with Gasteiger partial charge in [0.15, 0.2) is 0 Å². The Morgan fingerprint density at radius 2 is 1.75 bits per heavy atom. The summed E-state index contributed by atoms with van der Waals surface area (Å²) in [6.45, 7) is 9.69. The Balaban J connectivity index is 1.73. The second kappa shape index (κ2) is 5.56. The van der Waals surface area contributed by atoms with Crippen molar-refractivity contribution >= 4 is 5.78 Å². The molecule has 2 nitrogen and oxygen atoms in total. The summed E-state index contributed by atoms with van der Waals surface area (Å²) in [7, 11) is 0. The van der Waals surface area contributed by atoms with E-state index in [1.165, 1.54) is 25.7 Å². The molecular weight excluding hydrogens is 296 g/mol. The number of rotatable bonds is 1. The van der Waals surface area contributed by atoms with Gasteiger partial charge in [-0.15, -0.1) is 0 Å². The molecule has 0 spiro atoms. The summed E-state index contributed by atoms with van der Waals surface area (Å²) in [6.07, 6.45) is 8.64. The molecule has 136 valence electrons. The average molecular weight is 333 g/mol. The number of aliphatic hydroxyl groups is 1. The summed E-state index contributed by atoms with van der Waals surface area (Å²) < 4.78 is 0. The summed E-state index contributed by atoms with van der Waals surface area (Å²) in [6, 6.07) is 0. The Morgan fingerprint density at radius 1 is 1.04 bits per heavy atom. The van der Waals surface area contributed by atoms with Crippen LogP contribution in [0, 0.1) is 46.3 Å². The molecule has 24 heavy (non-hydrogen) atoms. The Labute approximate surface area is 147 Å². The van der Waals surface area contributed by atoms with Crippen LogP contribution in [-0.4, -0.2) is 17.0 Å². The highest BCUT2D eigenvalue weighted by molar-refractivity contribution is 5.79. The first-order chi connectivity index (χ1) is 11.3. The van der Waals surface area contributed by atoms with E-state index < -0.39 is 0 Å².